The minimum absolute atomic E-state index is 0.00367. The maximum absolute atomic E-state index is 12.4. The van der Waals surface area contributed by atoms with E-state index in [1.54, 1.807) is 11.0 Å². The summed E-state index contributed by atoms with van der Waals surface area (Å²) in [4.78, 5) is 14.1. The summed E-state index contributed by atoms with van der Waals surface area (Å²) in [6.45, 7) is 4.42. The lowest BCUT2D eigenvalue weighted by Crippen LogP contribution is -2.23. The van der Waals surface area contributed by atoms with Crippen LogP contribution in [0.2, 0.25) is 0 Å². The second kappa shape index (κ2) is 7.99. The molecule has 0 bridgehead atoms. The Morgan fingerprint density at radius 1 is 0.955 bits per heavy atom. The number of carbonyl (C=O) groups excluding carboxylic acids is 1. The Kier molecular flexibility index (Phi) is 5.73. The number of hydrogen-bond donors (Lipinski definition) is 0. The Balaban J connectivity index is 2.19. The molecular formula is C20H21NO. The van der Waals surface area contributed by atoms with Gasteiger partial charge < -0.3 is 4.90 Å². The van der Waals surface area contributed by atoms with Gasteiger partial charge in [0.2, 0.25) is 0 Å². The summed E-state index contributed by atoms with van der Waals surface area (Å²) >= 11 is 0. The lowest BCUT2D eigenvalue weighted by molar-refractivity contribution is -0.124. The van der Waals surface area contributed by atoms with E-state index in [4.69, 9.17) is 0 Å². The second-order valence-corrected chi connectivity index (χ2v) is 5.40. The quantitative estimate of drug-likeness (QED) is 0.734. The number of amides is 1. The third-order valence-electron chi connectivity index (χ3n) is 3.14. The lowest BCUT2D eigenvalue weighted by atomic mass is 10.2. The molecule has 0 spiro atoms. The number of nitrogens with zero attached hydrogens (tertiary/aromatic N) is 1. The van der Waals surface area contributed by atoms with Crippen molar-refractivity contribution >= 4 is 12.0 Å². The van der Waals surface area contributed by atoms with Crippen molar-refractivity contribution in [3.63, 3.8) is 0 Å². The molecule has 0 aliphatic rings. The molecule has 0 saturated carbocycles. The topological polar surface area (TPSA) is 20.3 Å². The van der Waals surface area contributed by atoms with E-state index in [2.05, 4.69) is 0 Å². The van der Waals surface area contributed by atoms with Crippen LogP contribution in [-0.2, 0) is 11.3 Å². The van der Waals surface area contributed by atoms with E-state index < -0.39 is 0 Å². The molecular weight excluding hydrogens is 270 g/mol. The Morgan fingerprint density at radius 3 is 2.14 bits per heavy atom. The van der Waals surface area contributed by atoms with Crippen molar-refractivity contribution in [2.45, 2.75) is 20.4 Å². The van der Waals surface area contributed by atoms with Crippen LogP contribution in [0.4, 0.5) is 0 Å². The number of rotatable bonds is 5. The van der Waals surface area contributed by atoms with E-state index in [0.717, 1.165) is 16.7 Å². The molecule has 0 aliphatic carbocycles. The van der Waals surface area contributed by atoms with E-state index in [9.17, 15) is 4.79 Å². The molecule has 0 atom stereocenters. The van der Waals surface area contributed by atoms with Gasteiger partial charge in [-0.2, -0.15) is 0 Å². The zero-order valence-corrected chi connectivity index (χ0v) is 13.1. The summed E-state index contributed by atoms with van der Waals surface area (Å²) in [5.74, 6) is -0.00367. The SMILES string of the molecule is CC(C)=CC(=O)N(/C=C/c1ccccc1)Cc1ccccc1. The van der Waals surface area contributed by atoms with Crippen LogP contribution < -0.4 is 0 Å². The molecule has 2 nitrogen and oxygen atoms in total. The highest BCUT2D eigenvalue weighted by Gasteiger charge is 2.08. The van der Waals surface area contributed by atoms with Gasteiger partial charge in [-0.15, -0.1) is 0 Å². The monoisotopic (exact) mass is 291 g/mol. The Morgan fingerprint density at radius 2 is 1.55 bits per heavy atom. The van der Waals surface area contributed by atoms with Gasteiger partial charge >= 0.3 is 0 Å². The number of carbonyl (C=O) groups is 1. The average Bonchev–Trinajstić information content (AvgIpc) is 2.52. The molecule has 22 heavy (non-hydrogen) atoms. The molecule has 1 amide bonds. The average molecular weight is 291 g/mol. The number of hydrogen-bond acceptors (Lipinski definition) is 1. The fraction of sp³-hybridized carbons (Fsp3) is 0.150. The van der Waals surface area contributed by atoms with Crippen LogP contribution >= 0.6 is 0 Å². The molecule has 0 aliphatic heterocycles. The van der Waals surface area contributed by atoms with Gasteiger partial charge in [-0.3, -0.25) is 4.79 Å². The highest BCUT2D eigenvalue weighted by molar-refractivity contribution is 5.89. The van der Waals surface area contributed by atoms with Gasteiger partial charge in [0.25, 0.3) is 5.91 Å². The third kappa shape index (κ3) is 5.06. The van der Waals surface area contributed by atoms with Crippen LogP contribution in [0.15, 0.2) is 78.5 Å². The van der Waals surface area contributed by atoms with Crippen LogP contribution in [0.3, 0.4) is 0 Å². The molecule has 0 fully saturated rings. The van der Waals surface area contributed by atoms with E-state index in [1.165, 1.54) is 0 Å². The van der Waals surface area contributed by atoms with Crippen molar-refractivity contribution in [1.29, 1.82) is 0 Å². The number of allylic oxidation sites excluding steroid dienone is 1. The van der Waals surface area contributed by atoms with Crippen molar-refractivity contribution in [1.82, 2.24) is 4.90 Å². The predicted molar refractivity (Wildman–Crippen MR) is 91.9 cm³/mol. The standard InChI is InChI=1S/C20H21NO/c1-17(2)15-20(22)21(16-19-11-7-4-8-12-19)14-13-18-9-5-3-6-10-18/h3-15H,16H2,1-2H3/b14-13+. The van der Waals surface area contributed by atoms with Crippen molar-refractivity contribution < 1.29 is 4.79 Å². The number of benzene rings is 2. The largest absolute Gasteiger partial charge is 0.311 e. The van der Waals surface area contributed by atoms with Crippen LogP contribution in [-0.4, -0.2) is 10.8 Å². The zero-order chi connectivity index (χ0) is 15.8. The molecule has 0 saturated heterocycles. The fourth-order valence-corrected chi connectivity index (χ4v) is 2.05. The molecule has 2 heteroatoms. The highest BCUT2D eigenvalue weighted by atomic mass is 16.2. The molecule has 2 aromatic carbocycles. The summed E-state index contributed by atoms with van der Waals surface area (Å²) in [6.07, 6.45) is 5.47. The third-order valence-corrected chi connectivity index (χ3v) is 3.14. The Labute approximate surface area is 132 Å². The van der Waals surface area contributed by atoms with Gasteiger partial charge in [-0.1, -0.05) is 66.2 Å². The van der Waals surface area contributed by atoms with Gasteiger partial charge in [-0.05, 0) is 31.1 Å². The maximum atomic E-state index is 12.4. The van der Waals surface area contributed by atoms with Crippen LogP contribution in [0, 0.1) is 0 Å². The summed E-state index contributed by atoms with van der Waals surface area (Å²) in [7, 11) is 0. The summed E-state index contributed by atoms with van der Waals surface area (Å²) < 4.78 is 0. The molecule has 0 heterocycles. The van der Waals surface area contributed by atoms with E-state index in [1.807, 2.05) is 86.8 Å². The normalized spacial score (nSPS) is 10.5. The molecule has 0 N–H and O–H groups in total. The molecule has 0 unspecified atom stereocenters. The van der Waals surface area contributed by atoms with Crippen molar-refractivity contribution in [2.24, 2.45) is 0 Å². The summed E-state index contributed by atoms with van der Waals surface area (Å²) in [5, 5.41) is 0. The molecule has 0 aromatic heterocycles. The first kappa shape index (κ1) is 15.8. The van der Waals surface area contributed by atoms with Crippen molar-refractivity contribution in [3.05, 3.63) is 89.6 Å². The summed E-state index contributed by atoms with van der Waals surface area (Å²) in [6, 6.07) is 20.0. The first-order valence-electron chi connectivity index (χ1n) is 7.38. The molecule has 2 rings (SSSR count). The van der Waals surface area contributed by atoms with Crippen LogP contribution in [0.5, 0.6) is 0 Å². The van der Waals surface area contributed by atoms with Gasteiger partial charge in [0.15, 0.2) is 0 Å². The summed E-state index contributed by atoms with van der Waals surface area (Å²) in [5.41, 5.74) is 3.18. The second-order valence-electron chi connectivity index (χ2n) is 5.40. The van der Waals surface area contributed by atoms with Gasteiger partial charge in [-0.25, -0.2) is 0 Å². The van der Waals surface area contributed by atoms with E-state index >= 15 is 0 Å². The highest BCUT2D eigenvalue weighted by Crippen LogP contribution is 2.09. The van der Waals surface area contributed by atoms with Crippen LogP contribution in [0.25, 0.3) is 6.08 Å². The Hall–Kier alpha value is -2.61. The molecule has 112 valence electrons. The Bertz CT molecular complexity index is 653. The van der Waals surface area contributed by atoms with Gasteiger partial charge in [0.05, 0.1) is 6.54 Å². The van der Waals surface area contributed by atoms with E-state index in [-0.39, 0.29) is 5.91 Å². The fourth-order valence-electron chi connectivity index (χ4n) is 2.05. The first-order chi connectivity index (χ1) is 10.6. The minimum atomic E-state index is -0.00367. The molecule has 2 aromatic rings. The molecule has 0 radical (unpaired) electrons. The van der Waals surface area contributed by atoms with Crippen molar-refractivity contribution in [3.8, 4) is 0 Å². The first-order valence-corrected chi connectivity index (χ1v) is 7.38. The van der Waals surface area contributed by atoms with Gasteiger partial charge in [0.1, 0.15) is 0 Å². The minimum Gasteiger partial charge on any atom is -0.311 e. The maximum Gasteiger partial charge on any atom is 0.250 e. The van der Waals surface area contributed by atoms with Gasteiger partial charge in [0, 0.05) is 12.3 Å². The van der Waals surface area contributed by atoms with Crippen molar-refractivity contribution in [2.75, 3.05) is 0 Å². The van der Waals surface area contributed by atoms with E-state index in [0.29, 0.717) is 6.54 Å². The zero-order valence-electron chi connectivity index (χ0n) is 13.1. The lowest BCUT2D eigenvalue weighted by Gasteiger charge is -2.17. The smallest absolute Gasteiger partial charge is 0.250 e. The van der Waals surface area contributed by atoms with Crippen LogP contribution in [0.1, 0.15) is 25.0 Å². The predicted octanol–water partition coefficient (Wildman–Crippen LogP) is 4.65.